The molecule has 3 rings (SSSR count). The lowest BCUT2D eigenvalue weighted by atomic mass is 9.78. The standard InChI is InChI=1S/C16H31N3/c1-12(2)18-8-6-14(7-9-18)19-10-13-4-3-5-16(17)15(13)11-19/h12-16H,3-11,17H2,1-2H3. The van der Waals surface area contributed by atoms with E-state index in [1.54, 1.807) is 0 Å². The molecule has 3 aliphatic rings. The molecule has 2 N–H and O–H groups in total. The highest BCUT2D eigenvalue weighted by molar-refractivity contribution is 4.96. The van der Waals surface area contributed by atoms with Gasteiger partial charge < -0.3 is 10.6 Å². The first-order valence-electron chi connectivity index (χ1n) is 8.39. The van der Waals surface area contributed by atoms with E-state index in [0.717, 1.165) is 23.9 Å². The Morgan fingerprint density at radius 1 is 1.00 bits per heavy atom. The van der Waals surface area contributed by atoms with Crippen LogP contribution in [0, 0.1) is 11.8 Å². The second kappa shape index (κ2) is 5.71. The van der Waals surface area contributed by atoms with Crippen molar-refractivity contribution in [1.29, 1.82) is 0 Å². The Bertz CT molecular complexity index is 296. The molecule has 110 valence electrons. The number of nitrogens with zero attached hydrogens (tertiary/aromatic N) is 2. The highest BCUT2D eigenvalue weighted by atomic mass is 15.2. The van der Waals surface area contributed by atoms with Crippen LogP contribution in [0.25, 0.3) is 0 Å². The molecular formula is C16H31N3. The molecule has 3 atom stereocenters. The van der Waals surface area contributed by atoms with Crippen molar-refractivity contribution >= 4 is 0 Å². The van der Waals surface area contributed by atoms with Gasteiger partial charge in [-0.2, -0.15) is 0 Å². The summed E-state index contributed by atoms with van der Waals surface area (Å²) in [4.78, 5) is 5.42. The summed E-state index contributed by atoms with van der Waals surface area (Å²) in [6.45, 7) is 9.86. The maximum absolute atomic E-state index is 6.34. The fourth-order valence-electron chi connectivity index (χ4n) is 4.62. The molecule has 3 heteroatoms. The van der Waals surface area contributed by atoms with E-state index in [1.807, 2.05) is 0 Å². The summed E-state index contributed by atoms with van der Waals surface area (Å²) in [6, 6.07) is 2.04. The van der Waals surface area contributed by atoms with Crippen molar-refractivity contribution in [1.82, 2.24) is 9.80 Å². The summed E-state index contributed by atoms with van der Waals surface area (Å²) < 4.78 is 0. The van der Waals surface area contributed by atoms with E-state index in [4.69, 9.17) is 5.73 Å². The number of nitrogens with two attached hydrogens (primary N) is 1. The Kier molecular flexibility index (Phi) is 4.16. The monoisotopic (exact) mass is 265 g/mol. The van der Waals surface area contributed by atoms with Crippen molar-refractivity contribution in [3.8, 4) is 0 Å². The Balaban J connectivity index is 1.54. The van der Waals surface area contributed by atoms with E-state index in [9.17, 15) is 0 Å². The molecule has 2 heterocycles. The zero-order valence-corrected chi connectivity index (χ0v) is 12.7. The highest BCUT2D eigenvalue weighted by Gasteiger charge is 2.41. The van der Waals surface area contributed by atoms with Gasteiger partial charge in [-0.1, -0.05) is 6.42 Å². The Morgan fingerprint density at radius 3 is 2.37 bits per heavy atom. The molecule has 0 radical (unpaired) electrons. The van der Waals surface area contributed by atoms with E-state index in [-0.39, 0.29) is 0 Å². The summed E-state index contributed by atoms with van der Waals surface area (Å²) in [6.07, 6.45) is 6.79. The molecule has 3 nitrogen and oxygen atoms in total. The Morgan fingerprint density at radius 2 is 1.74 bits per heavy atom. The van der Waals surface area contributed by atoms with Gasteiger partial charge in [0.2, 0.25) is 0 Å². The third kappa shape index (κ3) is 2.84. The van der Waals surface area contributed by atoms with Crippen molar-refractivity contribution in [2.75, 3.05) is 26.2 Å². The Hall–Kier alpha value is -0.120. The predicted molar refractivity (Wildman–Crippen MR) is 80.1 cm³/mol. The van der Waals surface area contributed by atoms with Crippen LogP contribution in [0.2, 0.25) is 0 Å². The average Bonchev–Trinajstić information content (AvgIpc) is 2.84. The predicted octanol–water partition coefficient (Wildman–Crippen LogP) is 1.92. The van der Waals surface area contributed by atoms with E-state index in [1.165, 1.54) is 58.3 Å². The lowest BCUT2D eigenvalue weighted by Gasteiger charge is -2.38. The summed E-state index contributed by atoms with van der Waals surface area (Å²) in [5, 5.41) is 0. The van der Waals surface area contributed by atoms with Crippen molar-refractivity contribution in [3.05, 3.63) is 0 Å². The van der Waals surface area contributed by atoms with Crippen LogP contribution in [0.1, 0.15) is 46.0 Å². The summed E-state index contributed by atoms with van der Waals surface area (Å²) >= 11 is 0. The minimum Gasteiger partial charge on any atom is -0.327 e. The minimum absolute atomic E-state index is 0.486. The van der Waals surface area contributed by atoms with Gasteiger partial charge in [-0.25, -0.2) is 0 Å². The lowest BCUT2D eigenvalue weighted by Crippen LogP contribution is -2.46. The van der Waals surface area contributed by atoms with Crippen LogP contribution in [-0.4, -0.2) is 54.1 Å². The van der Waals surface area contributed by atoms with Gasteiger partial charge in [-0.3, -0.25) is 4.90 Å². The van der Waals surface area contributed by atoms with Gasteiger partial charge in [0.15, 0.2) is 0 Å². The molecule has 3 unspecified atom stereocenters. The molecule has 1 saturated carbocycles. The average molecular weight is 265 g/mol. The molecule has 1 aliphatic carbocycles. The first kappa shape index (κ1) is 13.8. The van der Waals surface area contributed by atoms with Crippen LogP contribution in [-0.2, 0) is 0 Å². The van der Waals surface area contributed by atoms with Gasteiger partial charge in [-0.15, -0.1) is 0 Å². The quantitative estimate of drug-likeness (QED) is 0.828. The number of likely N-dealkylation sites (tertiary alicyclic amines) is 2. The largest absolute Gasteiger partial charge is 0.327 e. The number of rotatable bonds is 2. The minimum atomic E-state index is 0.486. The van der Waals surface area contributed by atoms with E-state index < -0.39 is 0 Å². The molecule has 0 spiro atoms. The maximum Gasteiger partial charge on any atom is 0.0120 e. The van der Waals surface area contributed by atoms with Gasteiger partial charge in [0, 0.05) is 31.2 Å². The van der Waals surface area contributed by atoms with Crippen LogP contribution in [0.4, 0.5) is 0 Å². The van der Waals surface area contributed by atoms with Crippen molar-refractivity contribution in [3.63, 3.8) is 0 Å². The summed E-state index contributed by atoms with van der Waals surface area (Å²) in [7, 11) is 0. The second-order valence-corrected chi connectivity index (χ2v) is 7.33. The van der Waals surface area contributed by atoms with E-state index in [2.05, 4.69) is 23.6 Å². The number of piperidine rings is 1. The van der Waals surface area contributed by atoms with Crippen LogP contribution < -0.4 is 5.73 Å². The van der Waals surface area contributed by atoms with E-state index >= 15 is 0 Å². The maximum atomic E-state index is 6.34. The third-order valence-corrected chi connectivity index (χ3v) is 5.93. The lowest BCUT2D eigenvalue weighted by molar-refractivity contribution is 0.103. The normalized spacial score (nSPS) is 38.8. The van der Waals surface area contributed by atoms with Crippen LogP contribution in [0.5, 0.6) is 0 Å². The summed E-state index contributed by atoms with van der Waals surface area (Å²) in [5.74, 6) is 1.71. The van der Waals surface area contributed by atoms with Crippen LogP contribution >= 0.6 is 0 Å². The number of hydrogen-bond acceptors (Lipinski definition) is 3. The molecule has 3 fully saturated rings. The second-order valence-electron chi connectivity index (χ2n) is 7.33. The smallest absolute Gasteiger partial charge is 0.0120 e. The molecule has 0 aromatic rings. The SMILES string of the molecule is CC(C)N1CCC(N2CC3CCCC(N)C3C2)CC1. The molecule has 0 amide bonds. The van der Waals surface area contributed by atoms with Crippen molar-refractivity contribution < 1.29 is 0 Å². The molecular weight excluding hydrogens is 234 g/mol. The van der Waals surface area contributed by atoms with Crippen LogP contribution in [0.3, 0.4) is 0 Å². The molecule has 0 aromatic carbocycles. The summed E-state index contributed by atoms with van der Waals surface area (Å²) in [5.41, 5.74) is 6.34. The molecule has 0 bridgehead atoms. The zero-order valence-electron chi connectivity index (χ0n) is 12.7. The first-order valence-corrected chi connectivity index (χ1v) is 8.39. The molecule has 19 heavy (non-hydrogen) atoms. The van der Waals surface area contributed by atoms with Gasteiger partial charge in [0.1, 0.15) is 0 Å². The van der Waals surface area contributed by atoms with Crippen molar-refractivity contribution in [2.45, 2.75) is 64.1 Å². The molecule has 2 saturated heterocycles. The fourth-order valence-corrected chi connectivity index (χ4v) is 4.62. The first-order chi connectivity index (χ1) is 9.15. The van der Waals surface area contributed by atoms with Gasteiger partial charge in [-0.05, 0) is 64.5 Å². The highest BCUT2D eigenvalue weighted by Crippen LogP contribution is 2.37. The Labute approximate surface area is 118 Å². The van der Waals surface area contributed by atoms with Gasteiger partial charge >= 0.3 is 0 Å². The van der Waals surface area contributed by atoms with Crippen molar-refractivity contribution in [2.24, 2.45) is 17.6 Å². The van der Waals surface area contributed by atoms with Crippen LogP contribution in [0.15, 0.2) is 0 Å². The number of hydrogen-bond donors (Lipinski definition) is 1. The van der Waals surface area contributed by atoms with Gasteiger partial charge in [0.25, 0.3) is 0 Å². The molecule has 0 aromatic heterocycles. The fraction of sp³-hybridized carbons (Fsp3) is 1.00. The van der Waals surface area contributed by atoms with E-state index in [0.29, 0.717) is 6.04 Å². The topological polar surface area (TPSA) is 32.5 Å². The number of fused-ring (bicyclic) bond motifs is 1. The zero-order chi connectivity index (χ0) is 13.4. The van der Waals surface area contributed by atoms with Gasteiger partial charge in [0.05, 0.1) is 0 Å². The third-order valence-electron chi connectivity index (χ3n) is 5.93. The molecule has 2 aliphatic heterocycles.